The number of hydrogen-bond acceptors (Lipinski definition) is 7. The van der Waals surface area contributed by atoms with Crippen molar-refractivity contribution in [3.63, 3.8) is 0 Å². The summed E-state index contributed by atoms with van der Waals surface area (Å²) in [5.74, 6) is -1.05. The Bertz CT molecular complexity index is 1910. The summed E-state index contributed by atoms with van der Waals surface area (Å²) in [7, 11) is 0. The van der Waals surface area contributed by atoms with E-state index in [1.54, 1.807) is 12.4 Å². The minimum Gasteiger partial charge on any atom is -0.494 e. The third-order valence-corrected chi connectivity index (χ3v) is 9.93. The average molecular weight is 690 g/mol. The predicted molar refractivity (Wildman–Crippen MR) is 199 cm³/mol. The number of ether oxygens (including phenoxy) is 1. The number of carboxylic acids is 1. The summed E-state index contributed by atoms with van der Waals surface area (Å²) in [4.78, 5) is 48.8. The van der Waals surface area contributed by atoms with Crippen molar-refractivity contribution in [2.45, 2.75) is 65.3 Å². The molecule has 0 aliphatic carbocycles. The average Bonchev–Trinajstić information content (AvgIpc) is 3.63. The number of benzene rings is 3. The number of rotatable bonds is 14. The number of ketones is 1. The first-order valence-corrected chi connectivity index (χ1v) is 17.6. The van der Waals surface area contributed by atoms with Gasteiger partial charge in [-0.15, -0.1) is 11.3 Å². The quantitative estimate of drug-likeness (QED) is 0.112. The van der Waals surface area contributed by atoms with Gasteiger partial charge in [0.25, 0.3) is 0 Å². The van der Waals surface area contributed by atoms with Crippen LogP contribution < -0.4 is 10.1 Å². The van der Waals surface area contributed by atoms with Gasteiger partial charge in [-0.1, -0.05) is 88.4 Å². The number of nitrogens with zero attached hydrogens (tertiary/aromatic N) is 2. The van der Waals surface area contributed by atoms with Crippen molar-refractivity contribution in [1.82, 2.24) is 15.3 Å². The minimum atomic E-state index is -1.14. The van der Waals surface area contributed by atoms with Gasteiger partial charge in [-0.2, -0.15) is 0 Å². The van der Waals surface area contributed by atoms with Crippen LogP contribution in [0.25, 0.3) is 33.6 Å². The van der Waals surface area contributed by atoms with E-state index in [-0.39, 0.29) is 24.0 Å². The van der Waals surface area contributed by atoms with Gasteiger partial charge in [-0.3, -0.25) is 14.4 Å². The molecule has 5 aromatic rings. The standard InChI is InChI=1S/C41H43N3O5S/c1-6-21-49-34-17-15-29(16-18-34)28-11-13-30(14-12-28)33-24-42-38(43-25-33)31-9-7-27(8-10-31)22-32(39(46)44-26(2)40(47)48)23-35(45)36-19-20-37(50-36)41(3,4)5/h7-20,24-26,32H,6,21-23H2,1-5H3,(H,44,46)(H,47,48)/t26-,32-/m1/s1. The van der Waals surface area contributed by atoms with E-state index in [4.69, 9.17) is 4.74 Å². The Morgan fingerprint density at radius 2 is 1.36 bits per heavy atom. The third kappa shape index (κ3) is 9.30. The number of aliphatic carboxylic acids is 1. The van der Waals surface area contributed by atoms with E-state index in [0.717, 1.165) is 50.4 Å². The van der Waals surface area contributed by atoms with Crippen LogP contribution in [0.3, 0.4) is 0 Å². The minimum absolute atomic E-state index is 0.0319. The smallest absolute Gasteiger partial charge is 0.325 e. The number of carbonyl (C=O) groups is 3. The van der Waals surface area contributed by atoms with Crippen molar-refractivity contribution >= 4 is 29.0 Å². The van der Waals surface area contributed by atoms with E-state index in [9.17, 15) is 19.5 Å². The molecular formula is C41H43N3O5S. The molecule has 8 nitrogen and oxygen atoms in total. The van der Waals surface area contributed by atoms with Crippen molar-refractivity contribution in [2.24, 2.45) is 5.92 Å². The molecule has 2 heterocycles. The van der Waals surface area contributed by atoms with Crippen LogP contribution in [0.2, 0.25) is 0 Å². The number of aromatic nitrogens is 2. The summed E-state index contributed by atoms with van der Waals surface area (Å²) in [6.45, 7) is 10.5. The Labute approximate surface area is 297 Å². The molecule has 50 heavy (non-hydrogen) atoms. The van der Waals surface area contributed by atoms with E-state index in [2.05, 4.69) is 79.4 Å². The highest BCUT2D eigenvalue weighted by atomic mass is 32.1. The molecule has 0 spiro atoms. The van der Waals surface area contributed by atoms with Crippen LogP contribution in [-0.2, 0) is 21.4 Å². The molecule has 2 aromatic heterocycles. The van der Waals surface area contributed by atoms with Crippen molar-refractivity contribution in [1.29, 1.82) is 0 Å². The lowest BCUT2D eigenvalue weighted by Gasteiger charge is -2.18. The largest absolute Gasteiger partial charge is 0.494 e. The molecule has 0 radical (unpaired) electrons. The van der Waals surface area contributed by atoms with Gasteiger partial charge < -0.3 is 15.2 Å². The van der Waals surface area contributed by atoms with Gasteiger partial charge in [0.1, 0.15) is 11.8 Å². The Morgan fingerprint density at radius 3 is 1.90 bits per heavy atom. The Hall–Kier alpha value is -5.15. The number of carboxylic acid groups (broad SMARTS) is 1. The summed E-state index contributed by atoms with van der Waals surface area (Å²) >= 11 is 1.43. The zero-order valence-corrected chi connectivity index (χ0v) is 29.9. The monoisotopic (exact) mass is 689 g/mol. The molecule has 9 heteroatoms. The van der Waals surface area contributed by atoms with Gasteiger partial charge in [-0.05, 0) is 71.7 Å². The molecule has 2 atom stereocenters. The van der Waals surface area contributed by atoms with Crippen LogP contribution in [0.15, 0.2) is 97.3 Å². The van der Waals surface area contributed by atoms with Crippen LogP contribution >= 0.6 is 11.3 Å². The van der Waals surface area contributed by atoms with Gasteiger partial charge in [0, 0.05) is 40.7 Å². The van der Waals surface area contributed by atoms with Crippen LogP contribution in [-0.4, -0.2) is 45.4 Å². The van der Waals surface area contributed by atoms with Gasteiger partial charge >= 0.3 is 5.97 Å². The maximum Gasteiger partial charge on any atom is 0.325 e. The van der Waals surface area contributed by atoms with Gasteiger partial charge in [0.2, 0.25) is 5.91 Å². The van der Waals surface area contributed by atoms with Crippen molar-refractivity contribution in [2.75, 3.05) is 6.61 Å². The summed E-state index contributed by atoms with van der Waals surface area (Å²) in [5, 5.41) is 11.9. The molecule has 1 amide bonds. The van der Waals surface area contributed by atoms with Crippen LogP contribution in [0.1, 0.15) is 67.6 Å². The number of carbonyl (C=O) groups excluding carboxylic acids is 2. The second kappa shape index (κ2) is 16.0. The Morgan fingerprint density at radius 1 is 0.800 bits per heavy atom. The van der Waals surface area contributed by atoms with Crippen LogP contribution in [0.5, 0.6) is 5.75 Å². The highest BCUT2D eigenvalue weighted by Gasteiger charge is 2.27. The molecule has 0 bridgehead atoms. The highest BCUT2D eigenvalue weighted by Crippen LogP contribution is 2.31. The fourth-order valence-electron chi connectivity index (χ4n) is 5.39. The number of hydrogen-bond donors (Lipinski definition) is 2. The first kappa shape index (κ1) is 36.1. The molecule has 5 rings (SSSR count). The molecule has 0 saturated carbocycles. The van der Waals surface area contributed by atoms with Crippen molar-refractivity contribution in [3.05, 3.63) is 113 Å². The first-order chi connectivity index (χ1) is 23.9. The van der Waals surface area contributed by atoms with Crippen molar-refractivity contribution < 1.29 is 24.2 Å². The molecule has 0 aliphatic rings. The van der Waals surface area contributed by atoms with E-state index in [0.29, 0.717) is 17.3 Å². The Kier molecular flexibility index (Phi) is 11.6. The second-order valence-electron chi connectivity index (χ2n) is 13.5. The molecule has 3 aromatic carbocycles. The summed E-state index contributed by atoms with van der Waals surface area (Å²) in [5.41, 5.74) is 5.68. The summed E-state index contributed by atoms with van der Waals surface area (Å²) in [6, 6.07) is 26.6. The summed E-state index contributed by atoms with van der Waals surface area (Å²) < 4.78 is 5.69. The fraction of sp³-hybridized carbons (Fsp3) is 0.293. The lowest BCUT2D eigenvalue weighted by atomic mass is 9.92. The highest BCUT2D eigenvalue weighted by molar-refractivity contribution is 7.14. The number of Topliss-reactive ketones (excluding diaryl/α,β-unsaturated/α-hetero) is 1. The van der Waals surface area contributed by atoms with Gasteiger partial charge in [0.15, 0.2) is 11.6 Å². The van der Waals surface area contributed by atoms with Crippen LogP contribution in [0, 0.1) is 5.92 Å². The molecule has 0 saturated heterocycles. The molecule has 0 fully saturated rings. The summed E-state index contributed by atoms with van der Waals surface area (Å²) in [6.07, 6.45) is 4.82. The normalized spacial score (nSPS) is 12.6. The molecule has 2 N–H and O–H groups in total. The zero-order chi connectivity index (χ0) is 35.8. The van der Waals surface area contributed by atoms with Gasteiger partial charge in [0.05, 0.1) is 11.5 Å². The Balaban J connectivity index is 1.25. The number of thiophene rings is 1. The lowest BCUT2D eigenvalue weighted by molar-refractivity contribution is -0.141. The van der Waals surface area contributed by atoms with E-state index < -0.39 is 23.8 Å². The molecule has 0 aliphatic heterocycles. The van der Waals surface area contributed by atoms with Gasteiger partial charge in [-0.25, -0.2) is 9.97 Å². The molecule has 258 valence electrons. The maximum atomic E-state index is 13.3. The molecular weight excluding hydrogens is 647 g/mol. The lowest BCUT2D eigenvalue weighted by Crippen LogP contribution is -2.42. The van der Waals surface area contributed by atoms with E-state index in [1.165, 1.54) is 18.3 Å². The SMILES string of the molecule is CCCOc1ccc(-c2ccc(-c3cnc(-c4ccc(C[C@H](CC(=O)c5ccc(C(C)(C)C)s5)C(=O)N[C@H](C)C(=O)O)cc4)nc3)cc2)cc1. The third-order valence-electron chi connectivity index (χ3n) is 8.38. The van der Waals surface area contributed by atoms with Crippen molar-refractivity contribution in [3.8, 4) is 39.4 Å². The molecule has 0 unspecified atom stereocenters. The predicted octanol–water partition coefficient (Wildman–Crippen LogP) is 8.65. The number of amides is 1. The van der Waals surface area contributed by atoms with E-state index >= 15 is 0 Å². The first-order valence-electron chi connectivity index (χ1n) is 16.8. The zero-order valence-electron chi connectivity index (χ0n) is 29.1. The number of nitrogens with one attached hydrogen (secondary N) is 1. The topological polar surface area (TPSA) is 118 Å². The van der Waals surface area contributed by atoms with E-state index in [1.807, 2.05) is 48.5 Å². The fourth-order valence-corrected chi connectivity index (χ4v) is 6.40. The van der Waals surface area contributed by atoms with Crippen LogP contribution in [0.4, 0.5) is 0 Å². The maximum absolute atomic E-state index is 13.3. The second-order valence-corrected chi connectivity index (χ2v) is 14.5.